The molecule has 0 spiro atoms. The molecular formula is C27H23NO6S. The van der Waals surface area contributed by atoms with Crippen LogP contribution in [0.1, 0.15) is 30.0 Å². The fraction of sp³-hybridized carbons (Fsp3) is 0.148. The van der Waals surface area contributed by atoms with Crippen LogP contribution in [-0.4, -0.2) is 35.3 Å². The summed E-state index contributed by atoms with van der Waals surface area (Å²) in [6, 6.07) is 19.6. The molecule has 35 heavy (non-hydrogen) atoms. The van der Waals surface area contributed by atoms with Crippen molar-refractivity contribution in [2.75, 3.05) is 13.2 Å². The first kappa shape index (κ1) is 24.1. The Kier molecular flexibility index (Phi) is 7.52. The standard InChI is InChI=1S/C27H23NO6S/c1-3-32-26(30)18-12-10-17(11-13-18)21-15-14-20(34-21)16-22-24(29)23(27(31)33-4-2)25(35-22)28-19-8-6-5-7-9-19/h5-16,29H,3-4H2,1-2H3/b22-16-,28-25?. The van der Waals surface area contributed by atoms with E-state index in [-0.39, 0.29) is 23.9 Å². The van der Waals surface area contributed by atoms with E-state index in [2.05, 4.69) is 4.99 Å². The molecule has 0 unspecified atom stereocenters. The van der Waals surface area contributed by atoms with Gasteiger partial charge in [-0.05, 0) is 56.3 Å². The molecule has 2 aromatic carbocycles. The Labute approximate surface area is 206 Å². The maximum absolute atomic E-state index is 12.5. The van der Waals surface area contributed by atoms with Gasteiger partial charge in [0.25, 0.3) is 0 Å². The number of hydrogen-bond donors (Lipinski definition) is 1. The van der Waals surface area contributed by atoms with E-state index in [9.17, 15) is 14.7 Å². The third-order valence-corrected chi connectivity index (χ3v) is 5.96. The molecule has 1 aliphatic heterocycles. The first-order chi connectivity index (χ1) is 17.0. The highest BCUT2D eigenvalue weighted by molar-refractivity contribution is 8.18. The number of thioether (sulfide) groups is 1. The van der Waals surface area contributed by atoms with E-state index < -0.39 is 5.97 Å². The fourth-order valence-corrected chi connectivity index (χ4v) is 4.33. The Morgan fingerprint density at radius 1 is 0.943 bits per heavy atom. The lowest BCUT2D eigenvalue weighted by Crippen LogP contribution is -2.12. The summed E-state index contributed by atoms with van der Waals surface area (Å²) in [6.45, 7) is 3.94. The second-order valence-electron chi connectivity index (χ2n) is 7.31. The van der Waals surface area contributed by atoms with Crippen molar-refractivity contribution in [1.82, 2.24) is 0 Å². The van der Waals surface area contributed by atoms with Gasteiger partial charge in [-0.2, -0.15) is 0 Å². The summed E-state index contributed by atoms with van der Waals surface area (Å²) in [7, 11) is 0. The Hall–Kier alpha value is -4.04. The van der Waals surface area contributed by atoms with Crippen molar-refractivity contribution in [1.29, 1.82) is 0 Å². The number of para-hydroxylation sites is 1. The van der Waals surface area contributed by atoms with E-state index in [1.165, 1.54) is 0 Å². The topological polar surface area (TPSA) is 98.3 Å². The molecule has 2 heterocycles. The minimum Gasteiger partial charge on any atom is -0.506 e. The van der Waals surface area contributed by atoms with Crippen LogP contribution in [0.2, 0.25) is 0 Å². The second-order valence-corrected chi connectivity index (χ2v) is 8.34. The smallest absolute Gasteiger partial charge is 0.344 e. The normalized spacial score (nSPS) is 15.6. The zero-order chi connectivity index (χ0) is 24.8. The molecule has 0 radical (unpaired) electrons. The molecule has 0 bridgehead atoms. The lowest BCUT2D eigenvalue weighted by molar-refractivity contribution is -0.138. The Morgan fingerprint density at radius 3 is 2.31 bits per heavy atom. The Bertz CT molecular complexity index is 1320. The van der Waals surface area contributed by atoms with Crippen molar-refractivity contribution in [3.63, 3.8) is 0 Å². The molecule has 0 saturated carbocycles. The first-order valence-electron chi connectivity index (χ1n) is 11.0. The van der Waals surface area contributed by atoms with Gasteiger partial charge in [0.1, 0.15) is 27.9 Å². The van der Waals surface area contributed by atoms with Gasteiger partial charge < -0.3 is 19.0 Å². The molecule has 0 amide bonds. The van der Waals surface area contributed by atoms with Crippen LogP contribution >= 0.6 is 11.8 Å². The van der Waals surface area contributed by atoms with Gasteiger partial charge in [0.15, 0.2) is 0 Å². The van der Waals surface area contributed by atoms with E-state index in [0.29, 0.717) is 39.3 Å². The molecule has 8 heteroatoms. The van der Waals surface area contributed by atoms with Crippen LogP contribution in [0.25, 0.3) is 17.4 Å². The number of ether oxygens (including phenoxy) is 2. The maximum Gasteiger partial charge on any atom is 0.344 e. The van der Waals surface area contributed by atoms with Gasteiger partial charge in [-0.1, -0.05) is 42.1 Å². The molecule has 0 aliphatic carbocycles. The quantitative estimate of drug-likeness (QED) is 0.388. The lowest BCUT2D eigenvalue weighted by atomic mass is 10.1. The number of hydrogen-bond acceptors (Lipinski definition) is 8. The molecule has 1 N–H and O–H groups in total. The molecule has 3 aromatic rings. The third kappa shape index (κ3) is 5.55. The fourth-order valence-electron chi connectivity index (χ4n) is 3.31. The number of aliphatic hydroxyl groups is 1. The number of rotatable bonds is 7. The van der Waals surface area contributed by atoms with E-state index in [0.717, 1.165) is 17.3 Å². The van der Waals surface area contributed by atoms with Crippen molar-refractivity contribution in [2.45, 2.75) is 13.8 Å². The van der Waals surface area contributed by atoms with E-state index >= 15 is 0 Å². The number of carbonyl (C=O) groups excluding carboxylic acids is 2. The second kappa shape index (κ2) is 10.9. The third-order valence-electron chi connectivity index (χ3n) is 4.94. The van der Waals surface area contributed by atoms with Gasteiger partial charge in [0.2, 0.25) is 0 Å². The minimum absolute atomic E-state index is 0.0216. The van der Waals surface area contributed by atoms with Crippen LogP contribution in [0.4, 0.5) is 5.69 Å². The van der Waals surface area contributed by atoms with Crippen LogP contribution in [0.15, 0.2) is 92.4 Å². The summed E-state index contributed by atoms with van der Waals surface area (Å²) in [5.41, 5.74) is 1.91. The highest BCUT2D eigenvalue weighted by Gasteiger charge is 2.33. The van der Waals surface area contributed by atoms with E-state index in [1.807, 2.05) is 18.2 Å². The largest absolute Gasteiger partial charge is 0.506 e. The summed E-state index contributed by atoms with van der Waals surface area (Å²) in [5, 5.41) is 11.2. The average molecular weight is 490 g/mol. The van der Waals surface area contributed by atoms with E-state index in [4.69, 9.17) is 13.9 Å². The summed E-state index contributed by atoms with van der Waals surface area (Å²) in [5.74, 6) is -0.165. The number of carbonyl (C=O) groups is 2. The predicted octanol–water partition coefficient (Wildman–Crippen LogP) is 6.32. The van der Waals surface area contributed by atoms with Crippen LogP contribution in [0.5, 0.6) is 0 Å². The molecular weight excluding hydrogens is 466 g/mol. The van der Waals surface area contributed by atoms with Gasteiger partial charge in [-0.3, -0.25) is 0 Å². The molecule has 1 aliphatic rings. The Balaban J connectivity index is 1.61. The molecule has 0 atom stereocenters. The van der Waals surface area contributed by atoms with Gasteiger partial charge in [0.05, 0.1) is 29.4 Å². The van der Waals surface area contributed by atoms with Crippen molar-refractivity contribution in [2.24, 2.45) is 4.99 Å². The van der Waals surface area contributed by atoms with Crippen LogP contribution in [-0.2, 0) is 14.3 Å². The van der Waals surface area contributed by atoms with Crippen molar-refractivity contribution in [3.8, 4) is 11.3 Å². The number of nitrogens with zero attached hydrogens (tertiary/aromatic N) is 1. The molecule has 7 nitrogen and oxygen atoms in total. The number of esters is 2. The number of aliphatic imine (C=N–C) groups is 1. The number of furan rings is 1. The SMILES string of the molecule is CCOC(=O)C1=C(O)/C(=C/c2ccc(-c3ccc(C(=O)OCC)cc3)o2)SC1=Nc1ccccc1. The molecule has 178 valence electrons. The predicted molar refractivity (Wildman–Crippen MR) is 135 cm³/mol. The Morgan fingerprint density at radius 2 is 1.63 bits per heavy atom. The highest BCUT2D eigenvalue weighted by atomic mass is 32.2. The number of aliphatic hydroxyl groups excluding tert-OH is 1. The molecule has 0 saturated heterocycles. The maximum atomic E-state index is 12.5. The summed E-state index contributed by atoms with van der Waals surface area (Å²) >= 11 is 1.16. The summed E-state index contributed by atoms with van der Waals surface area (Å²) < 4.78 is 16.1. The highest BCUT2D eigenvalue weighted by Crippen LogP contribution is 2.40. The minimum atomic E-state index is -0.641. The van der Waals surface area contributed by atoms with Crippen LogP contribution in [0, 0.1) is 0 Å². The van der Waals surface area contributed by atoms with E-state index in [1.54, 1.807) is 68.5 Å². The summed E-state index contributed by atoms with van der Waals surface area (Å²) in [6.07, 6.45) is 1.64. The first-order valence-corrected chi connectivity index (χ1v) is 11.8. The molecule has 4 rings (SSSR count). The van der Waals surface area contributed by atoms with Gasteiger partial charge in [-0.15, -0.1) is 0 Å². The zero-order valence-corrected chi connectivity index (χ0v) is 20.0. The van der Waals surface area contributed by atoms with Crippen molar-refractivity contribution < 1.29 is 28.6 Å². The van der Waals surface area contributed by atoms with Crippen LogP contribution in [0.3, 0.4) is 0 Å². The zero-order valence-electron chi connectivity index (χ0n) is 19.2. The van der Waals surface area contributed by atoms with Crippen LogP contribution < -0.4 is 0 Å². The van der Waals surface area contributed by atoms with Gasteiger partial charge >= 0.3 is 11.9 Å². The number of benzene rings is 2. The van der Waals surface area contributed by atoms with Gasteiger partial charge in [0, 0.05) is 5.56 Å². The summed E-state index contributed by atoms with van der Waals surface area (Å²) in [4.78, 5) is 29.3. The van der Waals surface area contributed by atoms with Gasteiger partial charge in [-0.25, -0.2) is 14.6 Å². The monoisotopic (exact) mass is 489 g/mol. The lowest BCUT2D eigenvalue weighted by Gasteiger charge is -2.03. The van der Waals surface area contributed by atoms with Crippen molar-refractivity contribution >= 4 is 40.5 Å². The average Bonchev–Trinajstić information content (AvgIpc) is 3.45. The molecule has 1 aromatic heterocycles. The van der Waals surface area contributed by atoms with Crippen molar-refractivity contribution in [3.05, 3.63) is 94.3 Å². The molecule has 0 fully saturated rings.